The maximum Gasteiger partial charge on any atom is 0.318 e. The molecule has 1 amide bonds. The summed E-state index contributed by atoms with van der Waals surface area (Å²) in [6.45, 7) is 0. The molecule has 0 saturated carbocycles. The number of hydrogen-bond acceptors (Lipinski definition) is 2. The minimum absolute atomic E-state index is 0.326. The Morgan fingerprint density at radius 2 is 2.50 bits per heavy atom. The first-order chi connectivity index (χ1) is 2.91. The number of amides is 1. The van der Waals surface area contributed by atoms with Crippen LogP contribution in [-0.2, 0) is 4.79 Å². The van der Waals surface area contributed by atoms with Crippen LogP contribution in [0.25, 0.3) is 0 Å². The summed E-state index contributed by atoms with van der Waals surface area (Å²) >= 11 is 0. The van der Waals surface area contributed by atoms with Crippen LogP contribution in [0.2, 0.25) is 0 Å². The molecule has 0 unspecified atom stereocenters. The Morgan fingerprint density at radius 3 is 2.67 bits per heavy atom. The minimum atomic E-state index is 0.326. The molecule has 0 aromatic rings. The monoisotopic (exact) mass is 86.0 g/mol. The molecule has 0 aliphatic heterocycles. The topological polar surface area (TPSA) is 55.9 Å². The van der Waals surface area contributed by atoms with Gasteiger partial charge in [-0.2, -0.15) is 0 Å². The quantitative estimate of drug-likeness (QED) is 0.246. The second-order valence-electron chi connectivity index (χ2n) is 0.510. The summed E-state index contributed by atoms with van der Waals surface area (Å²) < 4.78 is 0. The lowest BCUT2D eigenvalue weighted by Gasteiger charge is -1.30. The summed E-state index contributed by atoms with van der Waals surface area (Å²) in [5.41, 5.74) is 0. The molecule has 0 N–H and O–H groups in total. The van der Waals surface area contributed by atoms with Crippen molar-refractivity contribution in [2.24, 2.45) is 10.2 Å². The van der Waals surface area contributed by atoms with E-state index in [9.17, 15) is 4.79 Å². The number of hydrogen-bond donors (Lipinski definition) is 0. The minimum Gasteiger partial charge on any atom is -0.269 e. The molecule has 6 heavy (non-hydrogen) atoms. The number of nitrogens with zero attached hydrogens (tertiary/aromatic N) is 3. The number of rotatable bonds is 1. The summed E-state index contributed by atoms with van der Waals surface area (Å²) in [4.78, 5) is 12.2. The number of carbonyl (C=O) groups is 1. The second kappa shape index (κ2) is 3.98. The van der Waals surface area contributed by atoms with Crippen molar-refractivity contribution in [3.8, 4) is 0 Å². The van der Waals surface area contributed by atoms with Gasteiger partial charge in [0.1, 0.15) is 12.2 Å². The van der Waals surface area contributed by atoms with Crippen molar-refractivity contribution >= 4 is 6.41 Å². The van der Waals surface area contributed by atoms with Gasteiger partial charge in [-0.05, 0) is 0 Å². The Hall–Kier alpha value is -1.02. The lowest BCUT2D eigenvalue weighted by Crippen LogP contribution is -1.60. The van der Waals surface area contributed by atoms with E-state index in [4.69, 9.17) is 0 Å². The predicted molar refractivity (Wildman–Crippen MR) is 19.0 cm³/mol. The molecule has 32 valence electrons. The van der Waals surface area contributed by atoms with Gasteiger partial charge in [0.2, 0.25) is 4.91 Å². The standard InChI is InChI=1S/C2H4N3O/c1-3-5-4-2-6/h2H,1H3/q+1. The van der Waals surface area contributed by atoms with Gasteiger partial charge < -0.3 is 0 Å². The van der Waals surface area contributed by atoms with Crippen LogP contribution in [0.1, 0.15) is 0 Å². The second-order valence-corrected chi connectivity index (χ2v) is 0.510. The van der Waals surface area contributed by atoms with Gasteiger partial charge in [0.05, 0.1) is 0 Å². The van der Waals surface area contributed by atoms with Crippen molar-refractivity contribution in [2.45, 2.75) is 0 Å². The fraction of sp³-hybridized carbons (Fsp3) is 0.500. The zero-order valence-electron chi connectivity index (χ0n) is 3.33. The summed E-state index contributed by atoms with van der Waals surface area (Å²) in [5, 5.41) is 6.02. The summed E-state index contributed by atoms with van der Waals surface area (Å²) in [5.74, 6) is 0. The van der Waals surface area contributed by atoms with Crippen molar-refractivity contribution in [1.29, 1.82) is 0 Å². The van der Waals surface area contributed by atoms with Crippen LogP contribution in [0.3, 0.4) is 0 Å². The van der Waals surface area contributed by atoms with Crippen LogP contribution >= 0.6 is 0 Å². The average Bonchev–Trinajstić information content (AvgIpc) is 1.61. The molecular weight excluding hydrogens is 82.0 g/mol. The van der Waals surface area contributed by atoms with E-state index in [2.05, 4.69) is 15.1 Å². The van der Waals surface area contributed by atoms with Gasteiger partial charge in [0.15, 0.2) is 5.11 Å². The van der Waals surface area contributed by atoms with E-state index in [1.807, 2.05) is 0 Å². The molecular formula is C2H4N3O+. The van der Waals surface area contributed by atoms with Crippen LogP contribution in [0, 0.1) is 0 Å². The third-order valence-corrected chi connectivity index (χ3v) is 0.188. The van der Waals surface area contributed by atoms with Crippen LogP contribution < -0.4 is 4.91 Å². The molecule has 0 aromatic heterocycles. The first-order valence-electron chi connectivity index (χ1n) is 1.34. The zero-order chi connectivity index (χ0) is 4.83. The molecule has 0 fully saturated rings. The van der Waals surface area contributed by atoms with E-state index in [1.54, 1.807) is 0 Å². The largest absolute Gasteiger partial charge is 0.318 e. The normalized spacial score (nSPS) is 5.50. The predicted octanol–water partition coefficient (Wildman–Crippen LogP) is -0.256. The molecule has 0 heterocycles. The van der Waals surface area contributed by atoms with Gasteiger partial charge in [-0.15, -0.1) is 0 Å². The third-order valence-electron chi connectivity index (χ3n) is 0.188. The van der Waals surface area contributed by atoms with Crippen molar-refractivity contribution < 1.29 is 4.79 Å². The fourth-order valence-corrected chi connectivity index (χ4v) is 0.0727. The van der Waals surface area contributed by atoms with Gasteiger partial charge in [-0.3, -0.25) is 4.79 Å². The Morgan fingerprint density at radius 1 is 1.83 bits per heavy atom. The molecule has 4 heteroatoms. The molecule has 4 nitrogen and oxygen atoms in total. The van der Waals surface area contributed by atoms with Gasteiger partial charge in [0, 0.05) is 0 Å². The molecule has 0 radical (unpaired) electrons. The van der Waals surface area contributed by atoms with Gasteiger partial charge in [-0.25, -0.2) is 0 Å². The third kappa shape index (κ3) is 2.98. The Kier molecular flexibility index (Phi) is 3.30. The van der Waals surface area contributed by atoms with E-state index in [0.717, 1.165) is 0 Å². The Bertz CT molecular complexity index is 91.0. The van der Waals surface area contributed by atoms with Crippen molar-refractivity contribution in [2.75, 3.05) is 7.05 Å². The highest BCUT2D eigenvalue weighted by Crippen LogP contribution is 1.40. The van der Waals surface area contributed by atoms with E-state index in [-0.39, 0.29) is 0 Å². The van der Waals surface area contributed by atoms with Crippen molar-refractivity contribution in [3.63, 3.8) is 0 Å². The summed E-state index contributed by atoms with van der Waals surface area (Å²) in [6.07, 6.45) is 0.326. The van der Waals surface area contributed by atoms with E-state index < -0.39 is 0 Å². The van der Waals surface area contributed by atoms with E-state index >= 15 is 0 Å². The first kappa shape index (κ1) is 4.98. The van der Waals surface area contributed by atoms with Gasteiger partial charge >= 0.3 is 6.41 Å². The Balaban J connectivity index is 3.46. The van der Waals surface area contributed by atoms with Crippen LogP contribution in [0.15, 0.2) is 10.2 Å². The van der Waals surface area contributed by atoms with Crippen molar-refractivity contribution in [3.05, 3.63) is 0 Å². The van der Waals surface area contributed by atoms with Gasteiger partial charge in [-0.1, -0.05) is 0 Å². The smallest absolute Gasteiger partial charge is 0.269 e. The lowest BCUT2D eigenvalue weighted by molar-refractivity contribution is -0.107. The molecule has 0 aliphatic carbocycles. The van der Waals surface area contributed by atoms with Crippen molar-refractivity contribution in [1.82, 2.24) is 4.91 Å². The molecule has 0 spiro atoms. The molecule has 0 atom stereocenters. The van der Waals surface area contributed by atoms with Crippen LogP contribution in [0.5, 0.6) is 0 Å². The SMILES string of the molecule is CN=[N+]=NC=O. The highest BCUT2D eigenvalue weighted by atomic mass is 16.1. The fourth-order valence-electron chi connectivity index (χ4n) is 0.0727. The lowest BCUT2D eigenvalue weighted by atomic mass is 11.5. The summed E-state index contributed by atoms with van der Waals surface area (Å²) in [6, 6.07) is 0. The van der Waals surface area contributed by atoms with Gasteiger partial charge in [0.25, 0.3) is 0 Å². The zero-order valence-corrected chi connectivity index (χ0v) is 3.33. The molecule has 0 aromatic carbocycles. The van der Waals surface area contributed by atoms with Crippen LogP contribution in [-0.4, -0.2) is 13.5 Å². The molecule has 0 saturated heterocycles. The average molecular weight is 86.1 g/mol. The highest BCUT2D eigenvalue weighted by molar-refractivity contribution is 5.45. The molecule has 0 rings (SSSR count). The van der Waals surface area contributed by atoms with Crippen LogP contribution in [0.4, 0.5) is 0 Å². The molecule has 0 aliphatic rings. The van der Waals surface area contributed by atoms with E-state index in [1.165, 1.54) is 7.05 Å². The van der Waals surface area contributed by atoms with E-state index in [0.29, 0.717) is 6.41 Å². The molecule has 0 bridgehead atoms. The maximum absolute atomic E-state index is 9.24. The summed E-state index contributed by atoms with van der Waals surface area (Å²) in [7, 11) is 1.44. The first-order valence-corrected chi connectivity index (χ1v) is 1.34. The number of carbonyl (C=O) groups excluding carboxylic acids is 1. The maximum atomic E-state index is 9.24. The Labute approximate surface area is 34.6 Å². The highest BCUT2D eigenvalue weighted by Gasteiger charge is 1.67.